The minimum Gasteiger partial charge on any atom is -0.396 e. The number of nitrogens with zero attached hydrogens (tertiary/aromatic N) is 1. The minimum absolute atomic E-state index is 0.0551. The van der Waals surface area contributed by atoms with Crippen molar-refractivity contribution < 1.29 is 14.6 Å². The number of hydrogen-bond acceptors (Lipinski definition) is 4. The summed E-state index contributed by atoms with van der Waals surface area (Å²) in [6, 6.07) is 9.11. The molecular formula is C20H23N3O3. The van der Waals surface area contributed by atoms with Crippen LogP contribution in [0.1, 0.15) is 23.7 Å². The van der Waals surface area contributed by atoms with Gasteiger partial charge in [-0.05, 0) is 30.4 Å². The molecule has 1 aromatic carbocycles. The maximum Gasteiger partial charge on any atom is 0.227 e. The van der Waals surface area contributed by atoms with E-state index >= 15 is 0 Å². The van der Waals surface area contributed by atoms with E-state index in [1.165, 1.54) is 22.2 Å². The summed E-state index contributed by atoms with van der Waals surface area (Å²) in [6.45, 7) is 1.61. The van der Waals surface area contributed by atoms with E-state index < -0.39 is 0 Å². The third-order valence-electron chi connectivity index (χ3n) is 7.19. The molecule has 0 radical (unpaired) electrons. The molecule has 6 heteroatoms. The predicted molar refractivity (Wildman–Crippen MR) is 95.3 cm³/mol. The Hall–Kier alpha value is -1.89. The largest absolute Gasteiger partial charge is 0.396 e. The van der Waals surface area contributed by atoms with Gasteiger partial charge in [0.2, 0.25) is 5.91 Å². The Labute approximate surface area is 151 Å². The van der Waals surface area contributed by atoms with Crippen LogP contribution < -0.4 is 5.32 Å². The molecule has 6 rings (SSSR count). The van der Waals surface area contributed by atoms with Crippen molar-refractivity contribution in [1.29, 1.82) is 0 Å². The minimum atomic E-state index is -0.322. The highest BCUT2D eigenvalue weighted by atomic mass is 16.5. The van der Waals surface area contributed by atoms with Gasteiger partial charge in [0.1, 0.15) is 6.23 Å². The molecule has 1 amide bonds. The van der Waals surface area contributed by atoms with Gasteiger partial charge in [0.15, 0.2) is 0 Å². The van der Waals surface area contributed by atoms with Crippen LogP contribution in [0.15, 0.2) is 24.3 Å². The van der Waals surface area contributed by atoms with Gasteiger partial charge in [0.25, 0.3) is 0 Å². The number of fused-ring (bicyclic) bond motifs is 6. The Morgan fingerprint density at radius 2 is 2.19 bits per heavy atom. The first-order chi connectivity index (χ1) is 12.8. The first kappa shape index (κ1) is 15.2. The number of H-pyrrole nitrogens is 1. The summed E-state index contributed by atoms with van der Waals surface area (Å²) in [4.78, 5) is 18.7. The van der Waals surface area contributed by atoms with Crippen molar-refractivity contribution in [1.82, 2.24) is 15.2 Å². The lowest BCUT2D eigenvalue weighted by atomic mass is 9.67. The topological polar surface area (TPSA) is 77.6 Å². The van der Waals surface area contributed by atoms with E-state index in [1.807, 2.05) is 0 Å². The predicted octanol–water partition coefficient (Wildman–Crippen LogP) is 1.17. The molecule has 0 aliphatic carbocycles. The van der Waals surface area contributed by atoms with Gasteiger partial charge in [-0.2, -0.15) is 0 Å². The molecule has 136 valence electrons. The van der Waals surface area contributed by atoms with E-state index in [1.54, 1.807) is 0 Å². The van der Waals surface area contributed by atoms with Crippen LogP contribution >= 0.6 is 0 Å². The number of carbonyl (C=O) groups excluding carboxylic acids is 1. The van der Waals surface area contributed by atoms with Crippen LogP contribution in [-0.2, 0) is 16.0 Å². The normalized spacial score (nSPS) is 38.6. The summed E-state index contributed by atoms with van der Waals surface area (Å²) in [5.74, 6) is 0.0785. The van der Waals surface area contributed by atoms with Crippen LogP contribution in [0, 0.1) is 17.8 Å². The van der Waals surface area contributed by atoms with Crippen molar-refractivity contribution in [2.75, 3.05) is 19.8 Å². The molecule has 5 heterocycles. The van der Waals surface area contributed by atoms with E-state index in [-0.39, 0.29) is 42.5 Å². The van der Waals surface area contributed by atoms with Gasteiger partial charge < -0.3 is 20.1 Å². The number of aromatic nitrogens is 1. The Balaban J connectivity index is 1.46. The second-order valence-electron chi connectivity index (χ2n) is 8.16. The molecule has 4 aliphatic heterocycles. The fraction of sp³-hybridized carbons (Fsp3) is 0.550. The third-order valence-corrected chi connectivity index (χ3v) is 7.19. The zero-order chi connectivity index (χ0) is 17.4. The number of amides is 1. The van der Waals surface area contributed by atoms with E-state index in [0.717, 1.165) is 19.4 Å². The number of rotatable bonds is 1. The molecule has 0 unspecified atom stereocenters. The number of carbonyl (C=O) groups is 1. The Kier molecular flexibility index (Phi) is 3.11. The summed E-state index contributed by atoms with van der Waals surface area (Å²) < 4.78 is 5.96. The fourth-order valence-corrected chi connectivity index (χ4v) is 6.09. The number of nitrogens with one attached hydrogen (secondary N) is 2. The monoisotopic (exact) mass is 353 g/mol. The van der Waals surface area contributed by atoms with Gasteiger partial charge in [-0.25, -0.2) is 0 Å². The molecule has 0 spiro atoms. The molecule has 0 bridgehead atoms. The molecular weight excluding hydrogens is 330 g/mol. The van der Waals surface area contributed by atoms with Crippen molar-refractivity contribution in [2.24, 2.45) is 17.8 Å². The zero-order valence-electron chi connectivity index (χ0n) is 14.5. The molecule has 6 nitrogen and oxygen atoms in total. The first-order valence-electron chi connectivity index (χ1n) is 9.64. The number of aromatic amines is 1. The lowest BCUT2D eigenvalue weighted by molar-refractivity contribution is -0.144. The van der Waals surface area contributed by atoms with Crippen LogP contribution in [0.3, 0.4) is 0 Å². The molecule has 4 aliphatic rings. The molecule has 2 aromatic rings. The number of aliphatic hydroxyl groups excluding tert-OH is 1. The quantitative estimate of drug-likeness (QED) is 0.719. The van der Waals surface area contributed by atoms with Gasteiger partial charge in [-0.1, -0.05) is 18.2 Å². The van der Waals surface area contributed by atoms with Crippen LogP contribution in [0.4, 0.5) is 0 Å². The highest BCUT2D eigenvalue weighted by Crippen LogP contribution is 2.51. The van der Waals surface area contributed by atoms with Crippen molar-refractivity contribution in [3.05, 3.63) is 35.5 Å². The Morgan fingerprint density at radius 3 is 3.08 bits per heavy atom. The number of piperidine rings is 2. The lowest BCUT2D eigenvalue weighted by Gasteiger charge is -2.52. The zero-order valence-corrected chi connectivity index (χ0v) is 14.5. The van der Waals surface area contributed by atoms with Gasteiger partial charge in [-0.3, -0.25) is 9.69 Å². The Bertz CT molecular complexity index is 894. The van der Waals surface area contributed by atoms with Crippen molar-refractivity contribution in [3.8, 4) is 0 Å². The maximum atomic E-state index is 12.4. The van der Waals surface area contributed by atoms with Crippen LogP contribution in [0.25, 0.3) is 10.9 Å². The maximum absolute atomic E-state index is 12.4. The van der Waals surface area contributed by atoms with Crippen molar-refractivity contribution >= 4 is 16.8 Å². The first-order valence-corrected chi connectivity index (χ1v) is 9.64. The lowest BCUT2D eigenvalue weighted by Crippen LogP contribution is -2.62. The summed E-state index contributed by atoms with van der Waals surface area (Å²) in [7, 11) is 0. The molecule has 3 saturated heterocycles. The SMILES string of the molecule is O=C1N[C@H]2OC[C@@H]3[C@H]2[C@@H](C[C@H]2c4[nH]c5ccccc5c4CCN32)[C@@H]1CO. The highest BCUT2D eigenvalue weighted by molar-refractivity contribution is 5.85. The second kappa shape index (κ2) is 5.31. The fourth-order valence-electron chi connectivity index (χ4n) is 6.09. The van der Waals surface area contributed by atoms with E-state index in [0.29, 0.717) is 12.6 Å². The summed E-state index contributed by atoms with van der Waals surface area (Å²) in [6.07, 6.45) is 1.76. The summed E-state index contributed by atoms with van der Waals surface area (Å²) >= 11 is 0. The summed E-state index contributed by atoms with van der Waals surface area (Å²) in [5.41, 5.74) is 3.93. The van der Waals surface area contributed by atoms with Crippen LogP contribution in [-0.4, -0.2) is 52.9 Å². The molecule has 3 fully saturated rings. The summed E-state index contributed by atoms with van der Waals surface area (Å²) in [5, 5.41) is 14.2. The van der Waals surface area contributed by atoms with Gasteiger partial charge >= 0.3 is 0 Å². The number of para-hydroxylation sites is 1. The second-order valence-corrected chi connectivity index (χ2v) is 8.16. The van der Waals surface area contributed by atoms with Crippen molar-refractivity contribution in [2.45, 2.75) is 31.2 Å². The van der Waals surface area contributed by atoms with Gasteiger partial charge in [-0.15, -0.1) is 0 Å². The van der Waals surface area contributed by atoms with Crippen molar-refractivity contribution in [3.63, 3.8) is 0 Å². The average Bonchev–Trinajstić information content (AvgIpc) is 3.24. The standard InChI is InChI=1S/C20H23N3O3/c24-8-13-12-7-15-18-11(10-3-1-2-4-14(10)21-18)5-6-23(15)16-9-26-20(17(12)16)22-19(13)25/h1-4,12-13,15-17,20-21,24H,5-9H2,(H,22,25)/t12-,13-,15-,16+,17+,20-/m0/s1. The number of ether oxygens (including phenoxy) is 1. The number of aliphatic hydroxyl groups is 1. The smallest absolute Gasteiger partial charge is 0.227 e. The van der Waals surface area contributed by atoms with Gasteiger partial charge in [0.05, 0.1) is 25.2 Å². The molecule has 6 atom stereocenters. The molecule has 3 N–H and O–H groups in total. The van der Waals surface area contributed by atoms with Crippen LogP contribution in [0.2, 0.25) is 0 Å². The van der Waals surface area contributed by atoms with Crippen LogP contribution in [0.5, 0.6) is 0 Å². The highest BCUT2D eigenvalue weighted by Gasteiger charge is 2.58. The van der Waals surface area contributed by atoms with E-state index in [2.05, 4.69) is 39.5 Å². The van der Waals surface area contributed by atoms with E-state index in [9.17, 15) is 9.90 Å². The number of hydrogen-bond donors (Lipinski definition) is 3. The molecule has 0 saturated carbocycles. The molecule has 26 heavy (non-hydrogen) atoms. The Morgan fingerprint density at radius 1 is 1.31 bits per heavy atom. The average molecular weight is 353 g/mol. The molecule has 1 aromatic heterocycles. The third kappa shape index (κ3) is 1.84. The van der Waals surface area contributed by atoms with Gasteiger partial charge in [0, 0.05) is 35.1 Å². The van der Waals surface area contributed by atoms with E-state index in [4.69, 9.17) is 4.74 Å². The number of benzene rings is 1.